The quantitative estimate of drug-likeness (QED) is 0.480. The Hall–Kier alpha value is -3.20. The minimum absolute atomic E-state index is 0.0228. The molecule has 0 radical (unpaired) electrons. The number of carbonyl (C=O) groups is 1. The zero-order chi connectivity index (χ0) is 15.9. The first kappa shape index (κ1) is 15.2. The van der Waals surface area contributed by atoms with Crippen molar-refractivity contribution in [3.63, 3.8) is 0 Å². The monoisotopic (exact) mass is 296 g/mol. The molecule has 22 heavy (non-hydrogen) atoms. The number of nitro groups is 1. The second kappa shape index (κ2) is 6.99. The second-order valence-corrected chi connectivity index (χ2v) is 4.54. The lowest BCUT2D eigenvalue weighted by atomic mass is 10.1. The van der Waals surface area contributed by atoms with Crippen molar-refractivity contribution in [3.8, 4) is 6.07 Å². The van der Waals surface area contributed by atoms with Crippen LogP contribution in [-0.4, -0.2) is 10.9 Å². The molecule has 0 atom stereocenters. The average molecular weight is 296 g/mol. The molecule has 0 amide bonds. The highest BCUT2D eigenvalue weighted by molar-refractivity contribution is 5.74. The third-order valence-electron chi connectivity index (χ3n) is 2.98. The van der Waals surface area contributed by atoms with Crippen LogP contribution in [0.2, 0.25) is 0 Å². The first-order chi connectivity index (χ1) is 10.6. The van der Waals surface area contributed by atoms with Crippen molar-refractivity contribution >= 4 is 11.7 Å². The van der Waals surface area contributed by atoms with Gasteiger partial charge in [-0.25, -0.2) is 0 Å². The highest BCUT2D eigenvalue weighted by Gasteiger charge is 2.16. The Morgan fingerprint density at radius 1 is 1.23 bits per heavy atom. The molecule has 2 rings (SSSR count). The highest BCUT2D eigenvalue weighted by atomic mass is 16.6. The first-order valence-electron chi connectivity index (χ1n) is 6.47. The minimum Gasteiger partial charge on any atom is -0.461 e. The molecule has 0 fully saturated rings. The van der Waals surface area contributed by atoms with E-state index in [9.17, 15) is 14.9 Å². The molecule has 0 saturated carbocycles. The molecular weight excluding hydrogens is 284 g/mol. The number of carbonyl (C=O) groups excluding carboxylic acids is 1. The number of ether oxygens (including phenoxy) is 1. The summed E-state index contributed by atoms with van der Waals surface area (Å²) < 4.78 is 5.10. The van der Waals surface area contributed by atoms with Gasteiger partial charge in [-0.15, -0.1) is 0 Å². The Kier molecular flexibility index (Phi) is 4.83. The zero-order valence-corrected chi connectivity index (χ0v) is 11.6. The summed E-state index contributed by atoms with van der Waals surface area (Å²) in [6.07, 6.45) is -0.172. The molecule has 0 bridgehead atoms. The number of benzene rings is 2. The third-order valence-corrected chi connectivity index (χ3v) is 2.98. The molecular formula is C16H12N2O4. The van der Waals surface area contributed by atoms with Crippen LogP contribution >= 0.6 is 0 Å². The van der Waals surface area contributed by atoms with E-state index in [4.69, 9.17) is 10.00 Å². The van der Waals surface area contributed by atoms with E-state index < -0.39 is 10.9 Å². The van der Waals surface area contributed by atoms with Crippen LogP contribution in [0.15, 0.2) is 48.5 Å². The van der Waals surface area contributed by atoms with Gasteiger partial charge in [0.2, 0.25) is 0 Å². The van der Waals surface area contributed by atoms with Crippen molar-refractivity contribution < 1.29 is 14.5 Å². The summed E-state index contributed by atoms with van der Waals surface area (Å²) in [6, 6.07) is 14.8. The standard InChI is InChI=1S/C16H12N2O4/c17-10-12-4-3-5-13(8-12)11-22-16(19)9-14-6-1-2-7-15(14)18(20)21/h1-8H,9,11H2. The molecule has 0 aliphatic heterocycles. The van der Waals surface area contributed by atoms with Crippen LogP contribution in [-0.2, 0) is 22.6 Å². The topological polar surface area (TPSA) is 93.2 Å². The fourth-order valence-corrected chi connectivity index (χ4v) is 1.94. The summed E-state index contributed by atoms with van der Waals surface area (Å²) in [6.45, 7) is 0.0228. The van der Waals surface area contributed by atoms with E-state index in [0.717, 1.165) is 0 Å². The molecule has 0 aromatic heterocycles. The molecule has 0 unspecified atom stereocenters. The summed E-state index contributed by atoms with van der Waals surface area (Å²) in [5.41, 5.74) is 1.37. The van der Waals surface area contributed by atoms with Crippen LogP contribution < -0.4 is 0 Å². The van der Waals surface area contributed by atoms with Gasteiger partial charge in [0, 0.05) is 11.6 Å². The van der Waals surface area contributed by atoms with Gasteiger partial charge < -0.3 is 4.74 Å². The molecule has 6 heteroatoms. The summed E-state index contributed by atoms with van der Waals surface area (Å²) in [7, 11) is 0. The summed E-state index contributed by atoms with van der Waals surface area (Å²) >= 11 is 0. The summed E-state index contributed by atoms with van der Waals surface area (Å²) in [4.78, 5) is 22.2. The molecule has 0 N–H and O–H groups in total. The largest absolute Gasteiger partial charge is 0.461 e. The predicted octanol–water partition coefficient (Wildman–Crippen LogP) is 2.75. The van der Waals surface area contributed by atoms with E-state index in [1.807, 2.05) is 6.07 Å². The van der Waals surface area contributed by atoms with Gasteiger partial charge in [0.05, 0.1) is 23.0 Å². The van der Waals surface area contributed by atoms with Gasteiger partial charge >= 0.3 is 5.97 Å². The van der Waals surface area contributed by atoms with Gasteiger partial charge in [0.15, 0.2) is 0 Å². The molecule has 6 nitrogen and oxygen atoms in total. The normalized spacial score (nSPS) is 9.77. The van der Waals surface area contributed by atoms with Gasteiger partial charge in [0.25, 0.3) is 5.69 Å². The van der Waals surface area contributed by atoms with Gasteiger partial charge in [-0.05, 0) is 17.7 Å². The smallest absolute Gasteiger partial charge is 0.310 e. The van der Waals surface area contributed by atoms with Crippen LogP contribution in [0.4, 0.5) is 5.69 Å². The number of nitriles is 1. The number of para-hydroxylation sites is 1. The van der Waals surface area contributed by atoms with E-state index in [1.54, 1.807) is 36.4 Å². The maximum absolute atomic E-state index is 11.8. The van der Waals surface area contributed by atoms with Crippen molar-refractivity contribution in [1.29, 1.82) is 5.26 Å². The Balaban J connectivity index is 1.99. The molecule has 2 aromatic carbocycles. The van der Waals surface area contributed by atoms with Crippen LogP contribution in [0.25, 0.3) is 0 Å². The van der Waals surface area contributed by atoms with E-state index in [1.165, 1.54) is 12.1 Å². The molecule has 0 heterocycles. The lowest BCUT2D eigenvalue weighted by molar-refractivity contribution is -0.385. The number of nitrogens with zero attached hydrogens (tertiary/aromatic N) is 2. The second-order valence-electron chi connectivity index (χ2n) is 4.54. The molecule has 0 spiro atoms. The van der Waals surface area contributed by atoms with Gasteiger partial charge in [-0.1, -0.05) is 30.3 Å². The number of hydrogen-bond acceptors (Lipinski definition) is 5. The maximum Gasteiger partial charge on any atom is 0.310 e. The van der Waals surface area contributed by atoms with Crippen LogP contribution in [0, 0.1) is 21.4 Å². The molecule has 0 aliphatic rings. The zero-order valence-electron chi connectivity index (χ0n) is 11.6. The van der Waals surface area contributed by atoms with Gasteiger partial charge in [-0.3, -0.25) is 14.9 Å². The molecule has 0 saturated heterocycles. The number of hydrogen-bond donors (Lipinski definition) is 0. The molecule has 0 aliphatic carbocycles. The van der Waals surface area contributed by atoms with E-state index in [0.29, 0.717) is 16.7 Å². The lowest BCUT2D eigenvalue weighted by Gasteiger charge is -2.06. The fourth-order valence-electron chi connectivity index (χ4n) is 1.94. The Labute approximate surface area is 126 Å². The minimum atomic E-state index is -0.559. The van der Waals surface area contributed by atoms with Crippen molar-refractivity contribution in [2.45, 2.75) is 13.0 Å². The van der Waals surface area contributed by atoms with Crippen molar-refractivity contribution in [2.75, 3.05) is 0 Å². The summed E-state index contributed by atoms with van der Waals surface area (Å²) in [5, 5.41) is 19.7. The lowest BCUT2D eigenvalue weighted by Crippen LogP contribution is -2.09. The van der Waals surface area contributed by atoms with Crippen molar-refractivity contribution in [2.24, 2.45) is 0 Å². The average Bonchev–Trinajstić information content (AvgIpc) is 2.53. The van der Waals surface area contributed by atoms with Gasteiger partial charge in [0.1, 0.15) is 6.61 Å². The van der Waals surface area contributed by atoms with E-state index in [-0.39, 0.29) is 18.7 Å². The van der Waals surface area contributed by atoms with Gasteiger partial charge in [-0.2, -0.15) is 5.26 Å². The first-order valence-corrected chi connectivity index (χ1v) is 6.47. The van der Waals surface area contributed by atoms with Crippen LogP contribution in [0.1, 0.15) is 16.7 Å². The third kappa shape index (κ3) is 3.90. The number of nitro benzene ring substituents is 1. The Bertz CT molecular complexity index is 750. The molecule has 110 valence electrons. The SMILES string of the molecule is N#Cc1cccc(COC(=O)Cc2ccccc2[N+](=O)[O-])c1. The fraction of sp³-hybridized carbons (Fsp3) is 0.125. The number of rotatable bonds is 5. The van der Waals surface area contributed by atoms with Crippen LogP contribution in [0.5, 0.6) is 0 Å². The van der Waals surface area contributed by atoms with E-state index in [2.05, 4.69) is 0 Å². The highest BCUT2D eigenvalue weighted by Crippen LogP contribution is 2.18. The Morgan fingerprint density at radius 3 is 2.73 bits per heavy atom. The summed E-state index contributed by atoms with van der Waals surface area (Å²) in [5.74, 6) is -0.559. The van der Waals surface area contributed by atoms with Crippen molar-refractivity contribution in [3.05, 3.63) is 75.3 Å². The van der Waals surface area contributed by atoms with Crippen molar-refractivity contribution in [1.82, 2.24) is 0 Å². The van der Waals surface area contributed by atoms with E-state index >= 15 is 0 Å². The number of esters is 1. The predicted molar refractivity (Wildman–Crippen MR) is 77.8 cm³/mol. The van der Waals surface area contributed by atoms with Crippen LogP contribution in [0.3, 0.4) is 0 Å². The molecule has 2 aromatic rings. The maximum atomic E-state index is 11.8. The Morgan fingerprint density at radius 2 is 2.00 bits per heavy atom.